The van der Waals surface area contributed by atoms with Crippen LogP contribution in [0.5, 0.6) is 0 Å². The molecule has 0 spiro atoms. The summed E-state index contributed by atoms with van der Waals surface area (Å²) in [5.74, 6) is 0. The van der Waals surface area contributed by atoms with Gasteiger partial charge in [0.15, 0.2) is 0 Å². The molecule has 0 heterocycles. The molecule has 1 unspecified atom stereocenters. The van der Waals surface area contributed by atoms with Crippen LogP contribution in [0.4, 0.5) is 0 Å². The minimum atomic E-state index is -0.360. The van der Waals surface area contributed by atoms with E-state index in [1.807, 2.05) is 0 Å². The van der Waals surface area contributed by atoms with Crippen molar-refractivity contribution >= 4 is 8.61 Å². The van der Waals surface area contributed by atoms with Crippen molar-refractivity contribution in [2.45, 2.75) is 0 Å². The lowest BCUT2D eigenvalue weighted by Gasteiger charge is -1.45. The molecular formula is CH5NOP+. The van der Waals surface area contributed by atoms with Crippen molar-refractivity contribution in [3.8, 4) is 0 Å². The standard InChI is InChI=1S/CH4NOP/c1-2-4-3/h1H3,(H,2,3)/p+1. The third kappa shape index (κ3) is 2.06. The first kappa shape index (κ1) is 4.06. The lowest BCUT2D eigenvalue weighted by molar-refractivity contribution is 0.595. The molecule has 0 saturated carbocycles. The van der Waals surface area contributed by atoms with E-state index in [4.69, 9.17) is 0 Å². The van der Waals surface area contributed by atoms with Gasteiger partial charge in [-0.1, -0.05) is 4.57 Å². The maximum Gasteiger partial charge on any atom is 0.417 e. The molecule has 0 aliphatic heterocycles. The summed E-state index contributed by atoms with van der Waals surface area (Å²) in [6, 6.07) is 0. The third-order valence-electron chi connectivity index (χ3n) is 0.102. The summed E-state index contributed by atoms with van der Waals surface area (Å²) in [5, 5.41) is 2.40. The molecule has 0 aromatic carbocycles. The van der Waals surface area contributed by atoms with Crippen LogP contribution in [0.15, 0.2) is 0 Å². The van der Waals surface area contributed by atoms with Gasteiger partial charge in [0.25, 0.3) is 0 Å². The molecule has 0 aliphatic rings. The summed E-state index contributed by atoms with van der Waals surface area (Å²) in [6.45, 7) is 0. The fourth-order valence-electron chi connectivity index (χ4n) is 0. The fourth-order valence-corrected chi connectivity index (χ4v) is 0. The van der Waals surface area contributed by atoms with E-state index < -0.39 is 0 Å². The molecule has 0 aromatic heterocycles. The molecule has 0 aliphatic carbocycles. The zero-order valence-corrected chi connectivity index (χ0v) is 3.41. The van der Waals surface area contributed by atoms with Gasteiger partial charge in [0.1, 0.15) is 0 Å². The Bertz CT molecular complexity index is 22.0. The van der Waals surface area contributed by atoms with Gasteiger partial charge >= 0.3 is 8.61 Å². The number of rotatable bonds is 1. The van der Waals surface area contributed by atoms with Gasteiger partial charge in [-0.05, 0) is 0 Å². The molecule has 2 nitrogen and oxygen atoms in total. The number of nitrogens with one attached hydrogen (secondary N) is 1. The van der Waals surface area contributed by atoms with E-state index in [0.717, 1.165) is 0 Å². The topological polar surface area (TPSA) is 29.1 Å². The van der Waals surface area contributed by atoms with Crippen molar-refractivity contribution in [3.05, 3.63) is 0 Å². The fraction of sp³-hybridized carbons (Fsp3) is 1.00. The van der Waals surface area contributed by atoms with E-state index in [2.05, 4.69) is 5.09 Å². The Labute approximate surface area is 26.5 Å². The Balaban J connectivity index is 2.30. The van der Waals surface area contributed by atoms with E-state index >= 15 is 0 Å². The van der Waals surface area contributed by atoms with Crippen molar-refractivity contribution < 1.29 is 4.57 Å². The van der Waals surface area contributed by atoms with Gasteiger partial charge in [0, 0.05) is 7.05 Å². The molecule has 0 saturated heterocycles. The lowest BCUT2D eigenvalue weighted by Crippen LogP contribution is -1.77. The van der Waals surface area contributed by atoms with Crippen molar-refractivity contribution in [1.29, 1.82) is 0 Å². The smallest absolute Gasteiger partial charge is 0.114 e. The average molecular weight is 78.0 g/mol. The number of hydrogen-bond acceptors (Lipinski definition) is 1. The average Bonchev–Trinajstić information content (AvgIpc) is 1.37. The predicted molar refractivity (Wildman–Crippen MR) is 18.1 cm³/mol. The highest BCUT2D eigenvalue weighted by Gasteiger charge is 1.62. The Morgan fingerprint density at radius 3 is 2.25 bits per heavy atom. The minimum Gasteiger partial charge on any atom is -0.114 e. The Hall–Kier alpha value is 0.0600. The molecule has 24 valence electrons. The maximum absolute atomic E-state index is 9.22. The highest BCUT2D eigenvalue weighted by atomic mass is 31.1. The van der Waals surface area contributed by atoms with Gasteiger partial charge < -0.3 is 0 Å². The van der Waals surface area contributed by atoms with Gasteiger partial charge in [-0.15, -0.1) is 5.09 Å². The summed E-state index contributed by atoms with van der Waals surface area (Å²) in [7, 11) is 1.27. The van der Waals surface area contributed by atoms with E-state index in [9.17, 15) is 4.57 Å². The SMILES string of the molecule is CN[PH+]=O. The Morgan fingerprint density at radius 1 is 2.00 bits per heavy atom. The van der Waals surface area contributed by atoms with Crippen LogP contribution in [-0.2, 0) is 4.57 Å². The highest BCUT2D eigenvalue weighted by molar-refractivity contribution is 7.20. The number of hydrogen-bond donors (Lipinski definition) is 1. The largest absolute Gasteiger partial charge is 0.417 e. The first-order chi connectivity index (χ1) is 1.91. The first-order valence-electron chi connectivity index (χ1n) is 0.954. The highest BCUT2D eigenvalue weighted by Crippen LogP contribution is 1.68. The summed E-state index contributed by atoms with van der Waals surface area (Å²) in [5.41, 5.74) is 0. The monoisotopic (exact) mass is 78.0 g/mol. The van der Waals surface area contributed by atoms with Crippen LogP contribution >= 0.6 is 8.61 Å². The van der Waals surface area contributed by atoms with Gasteiger partial charge in [0.2, 0.25) is 0 Å². The third-order valence-corrected chi connectivity index (χ3v) is 0.306. The molecule has 1 atom stereocenters. The summed E-state index contributed by atoms with van der Waals surface area (Å²) < 4.78 is 9.22. The summed E-state index contributed by atoms with van der Waals surface area (Å²) >= 11 is 0. The van der Waals surface area contributed by atoms with Crippen LogP contribution in [0, 0.1) is 0 Å². The van der Waals surface area contributed by atoms with Crippen LogP contribution in [0.2, 0.25) is 0 Å². The molecule has 0 fully saturated rings. The van der Waals surface area contributed by atoms with Crippen LogP contribution in [0.1, 0.15) is 0 Å². The Morgan fingerprint density at radius 2 is 2.25 bits per heavy atom. The summed E-state index contributed by atoms with van der Waals surface area (Å²) in [4.78, 5) is 0. The van der Waals surface area contributed by atoms with Crippen molar-refractivity contribution in [1.82, 2.24) is 5.09 Å². The second-order valence-electron chi connectivity index (χ2n) is 0.352. The quantitative estimate of drug-likeness (QED) is 0.452. The zero-order chi connectivity index (χ0) is 3.41. The lowest BCUT2D eigenvalue weighted by atomic mass is 11.6. The van der Waals surface area contributed by atoms with Crippen LogP contribution in [-0.4, -0.2) is 7.05 Å². The second kappa shape index (κ2) is 3.06. The molecule has 0 rings (SSSR count). The van der Waals surface area contributed by atoms with E-state index in [1.165, 1.54) is 0 Å². The molecule has 4 heavy (non-hydrogen) atoms. The Kier molecular flexibility index (Phi) is 3.11. The van der Waals surface area contributed by atoms with Crippen molar-refractivity contribution in [2.24, 2.45) is 0 Å². The van der Waals surface area contributed by atoms with Gasteiger partial charge in [-0.25, -0.2) is 0 Å². The molecule has 0 radical (unpaired) electrons. The molecule has 3 heteroatoms. The van der Waals surface area contributed by atoms with Crippen LogP contribution < -0.4 is 5.09 Å². The van der Waals surface area contributed by atoms with Gasteiger partial charge in [-0.2, -0.15) is 0 Å². The second-order valence-corrected chi connectivity index (χ2v) is 1.06. The van der Waals surface area contributed by atoms with Crippen molar-refractivity contribution in [3.63, 3.8) is 0 Å². The normalized spacial score (nSPS) is 8.25. The molecule has 1 N–H and O–H groups in total. The maximum atomic E-state index is 9.22. The summed E-state index contributed by atoms with van der Waals surface area (Å²) in [6.07, 6.45) is 0. The molecule has 0 aromatic rings. The molecule has 0 bridgehead atoms. The van der Waals surface area contributed by atoms with E-state index in [1.54, 1.807) is 7.05 Å². The minimum absolute atomic E-state index is 0.360. The van der Waals surface area contributed by atoms with Crippen LogP contribution in [0.3, 0.4) is 0 Å². The van der Waals surface area contributed by atoms with E-state index in [-0.39, 0.29) is 8.61 Å². The van der Waals surface area contributed by atoms with Gasteiger partial charge in [0.05, 0.1) is 0 Å². The molecular weight excluding hydrogens is 73.0 g/mol. The van der Waals surface area contributed by atoms with Crippen molar-refractivity contribution in [2.75, 3.05) is 7.05 Å². The first-order valence-corrected chi connectivity index (χ1v) is 1.86. The van der Waals surface area contributed by atoms with E-state index in [0.29, 0.717) is 0 Å². The van der Waals surface area contributed by atoms with Gasteiger partial charge in [-0.3, -0.25) is 0 Å². The predicted octanol–water partition coefficient (Wildman–Crippen LogP) is 0.145. The molecule has 0 amide bonds. The zero-order valence-electron chi connectivity index (χ0n) is 2.41. The van der Waals surface area contributed by atoms with Crippen LogP contribution in [0.25, 0.3) is 0 Å².